The van der Waals surface area contributed by atoms with Crippen LogP contribution in [0.3, 0.4) is 0 Å². The number of rotatable bonds is 7. The van der Waals surface area contributed by atoms with Crippen LogP contribution in [0, 0.1) is 5.41 Å². The largest absolute Gasteiger partial charge is 0.384 e. The predicted molar refractivity (Wildman–Crippen MR) is 72.6 cm³/mol. The Labute approximate surface area is 110 Å². The second-order valence-corrected chi connectivity index (χ2v) is 5.51. The van der Waals surface area contributed by atoms with Crippen molar-refractivity contribution in [1.29, 1.82) is 0 Å². The van der Waals surface area contributed by atoms with Gasteiger partial charge in [0, 0.05) is 32.0 Å². The fraction of sp³-hybridized carbons (Fsp3) is 0.923. The molecule has 0 aromatic heterocycles. The summed E-state index contributed by atoms with van der Waals surface area (Å²) in [5.74, 6) is 0.137. The first-order valence-electron chi connectivity index (χ1n) is 6.69. The molecule has 1 saturated heterocycles. The summed E-state index contributed by atoms with van der Waals surface area (Å²) in [5.41, 5.74) is 0.119. The number of carbonyl (C=O) groups is 1. The number of ether oxygens (including phenoxy) is 1. The van der Waals surface area contributed by atoms with Gasteiger partial charge in [0.1, 0.15) is 0 Å². The Hall–Kier alpha value is -0.650. The van der Waals surface area contributed by atoms with E-state index in [0.717, 1.165) is 45.6 Å². The van der Waals surface area contributed by atoms with Crippen LogP contribution in [-0.4, -0.2) is 64.8 Å². The Balaban J connectivity index is 2.34. The van der Waals surface area contributed by atoms with E-state index in [4.69, 9.17) is 4.74 Å². The molecule has 106 valence electrons. The molecule has 2 N–H and O–H groups in total. The molecule has 1 aliphatic rings. The van der Waals surface area contributed by atoms with Gasteiger partial charge in [0.2, 0.25) is 5.91 Å². The molecule has 1 amide bonds. The fourth-order valence-electron chi connectivity index (χ4n) is 2.34. The molecule has 0 aromatic carbocycles. The average Bonchev–Trinajstić information content (AvgIpc) is 2.35. The number of nitrogens with zero attached hydrogens (tertiary/aromatic N) is 1. The summed E-state index contributed by atoms with van der Waals surface area (Å²) in [4.78, 5) is 13.8. The van der Waals surface area contributed by atoms with E-state index in [1.807, 2.05) is 19.0 Å². The van der Waals surface area contributed by atoms with Crippen LogP contribution in [0.4, 0.5) is 0 Å². The summed E-state index contributed by atoms with van der Waals surface area (Å²) < 4.78 is 5.33. The lowest BCUT2D eigenvalue weighted by atomic mass is 9.79. The number of hydrogen-bond acceptors (Lipinski definition) is 4. The standard InChI is InChI=1S/C13H27N3O2/c1-16(2)9-4-12(17)15-10-13(11-18-3)5-7-14-8-6-13/h14H,4-11H2,1-3H3,(H,15,17). The van der Waals surface area contributed by atoms with Crippen molar-refractivity contribution < 1.29 is 9.53 Å². The molecule has 1 fully saturated rings. The van der Waals surface area contributed by atoms with Crippen molar-refractivity contribution in [1.82, 2.24) is 15.5 Å². The van der Waals surface area contributed by atoms with E-state index in [-0.39, 0.29) is 11.3 Å². The smallest absolute Gasteiger partial charge is 0.221 e. The van der Waals surface area contributed by atoms with Crippen molar-refractivity contribution in [3.8, 4) is 0 Å². The molecule has 0 bridgehead atoms. The highest BCUT2D eigenvalue weighted by Crippen LogP contribution is 2.28. The van der Waals surface area contributed by atoms with Gasteiger partial charge in [-0.25, -0.2) is 0 Å². The molecule has 18 heavy (non-hydrogen) atoms. The van der Waals surface area contributed by atoms with Crippen LogP contribution in [0.2, 0.25) is 0 Å². The second-order valence-electron chi connectivity index (χ2n) is 5.51. The van der Waals surface area contributed by atoms with E-state index in [0.29, 0.717) is 6.42 Å². The van der Waals surface area contributed by atoms with E-state index in [1.54, 1.807) is 7.11 Å². The summed E-state index contributed by atoms with van der Waals surface area (Å²) in [6.45, 7) is 4.27. The van der Waals surface area contributed by atoms with Crippen LogP contribution in [0.5, 0.6) is 0 Å². The molecular formula is C13H27N3O2. The first-order chi connectivity index (χ1) is 8.58. The maximum Gasteiger partial charge on any atom is 0.221 e. The molecular weight excluding hydrogens is 230 g/mol. The summed E-state index contributed by atoms with van der Waals surface area (Å²) in [7, 11) is 5.69. The molecule has 0 aliphatic carbocycles. The zero-order chi connectivity index (χ0) is 13.4. The Bertz CT molecular complexity index is 245. The van der Waals surface area contributed by atoms with Crippen LogP contribution >= 0.6 is 0 Å². The van der Waals surface area contributed by atoms with Gasteiger partial charge in [-0.2, -0.15) is 0 Å². The zero-order valence-electron chi connectivity index (χ0n) is 11.9. The minimum atomic E-state index is 0.119. The van der Waals surface area contributed by atoms with Crippen LogP contribution in [0.15, 0.2) is 0 Å². The van der Waals surface area contributed by atoms with Gasteiger partial charge in [-0.15, -0.1) is 0 Å². The van der Waals surface area contributed by atoms with Crippen LogP contribution in [0.25, 0.3) is 0 Å². The van der Waals surface area contributed by atoms with Crippen molar-refractivity contribution in [3.05, 3.63) is 0 Å². The molecule has 1 aliphatic heterocycles. The van der Waals surface area contributed by atoms with E-state index >= 15 is 0 Å². The molecule has 0 spiro atoms. The molecule has 5 heteroatoms. The van der Waals surface area contributed by atoms with Gasteiger partial charge in [-0.05, 0) is 40.0 Å². The second kappa shape index (κ2) is 7.71. The van der Waals surface area contributed by atoms with Crippen molar-refractivity contribution in [2.24, 2.45) is 5.41 Å². The number of piperidine rings is 1. The Morgan fingerprint density at radius 3 is 2.61 bits per heavy atom. The number of nitrogens with one attached hydrogen (secondary N) is 2. The van der Waals surface area contributed by atoms with Crippen LogP contribution in [0.1, 0.15) is 19.3 Å². The summed E-state index contributed by atoms with van der Waals surface area (Å²) >= 11 is 0. The van der Waals surface area contributed by atoms with Crippen molar-refractivity contribution >= 4 is 5.91 Å². The van der Waals surface area contributed by atoms with Gasteiger partial charge >= 0.3 is 0 Å². The van der Waals surface area contributed by atoms with Crippen LogP contribution in [-0.2, 0) is 9.53 Å². The van der Waals surface area contributed by atoms with Gasteiger partial charge < -0.3 is 20.3 Å². The minimum absolute atomic E-state index is 0.119. The summed E-state index contributed by atoms with van der Waals surface area (Å²) in [6.07, 6.45) is 2.69. The quantitative estimate of drug-likeness (QED) is 0.678. The number of methoxy groups -OCH3 is 1. The lowest BCUT2D eigenvalue weighted by Crippen LogP contribution is -2.47. The van der Waals surface area contributed by atoms with Gasteiger partial charge in [-0.3, -0.25) is 4.79 Å². The first-order valence-corrected chi connectivity index (χ1v) is 6.69. The number of carbonyl (C=O) groups excluding carboxylic acids is 1. The van der Waals surface area contributed by atoms with Gasteiger partial charge in [0.05, 0.1) is 6.61 Å². The monoisotopic (exact) mass is 257 g/mol. The predicted octanol–water partition coefficient (Wildman–Crippen LogP) is 0.0705. The highest BCUT2D eigenvalue weighted by molar-refractivity contribution is 5.76. The Morgan fingerprint density at radius 1 is 1.39 bits per heavy atom. The van der Waals surface area contributed by atoms with Crippen molar-refractivity contribution in [2.45, 2.75) is 19.3 Å². The van der Waals surface area contributed by atoms with Crippen LogP contribution < -0.4 is 10.6 Å². The van der Waals surface area contributed by atoms with Crippen molar-refractivity contribution in [3.63, 3.8) is 0 Å². The third-order valence-electron chi connectivity index (χ3n) is 3.56. The minimum Gasteiger partial charge on any atom is -0.384 e. The fourth-order valence-corrected chi connectivity index (χ4v) is 2.34. The van der Waals surface area contributed by atoms with Crippen molar-refractivity contribution in [2.75, 3.05) is 54.0 Å². The zero-order valence-corrected chi connectivity index (χ0v) is 11.9. The molecule has 1 rings (SSSR count). The first kappa shape index (κ1) is 15.4. The molecule has 0 aromatic rings. The highest BCUT2D eigenvalue weighted by atomic mass is 16.5. The molecule has 5 nitrogen and oxygen atoms in total. The van der Waals surface area contributed by atoms with E-state index in [9.17, 15) is 4.79 Å². The van der Waals surface area contributed by atoms with E-state index < -0.39 is 0 Å². The summed E-state index contributed by atoms with van der Waals surface area (Å²) in [6, 6.07) is 0. The lowest BCUT2D eigenvalue weighted by molar-refractivity contribution is -0.122. The Morgan fingerprint density at radius 2 is 2.06 bits per heavy atom. The maximum atomic E-state index is 11.7. The molecule has 0 unspecified atom stereocenters. The van der Waals surface area contributed by atoms with Gasteiger partial charge in [0.15, 0.2) is 0 Å². The average molecular weight is 257 g/mol. The van der Waals surface area contributed by atoms with E-state index in [1.165, 1.54) is 0 Å². The SMILES string of the molecule is COCC1(CNC(=O)CCN(C)C)CCNCC1. The topological polar surface area (TPSA) is 53.6 Å². The highest BCUT2D eigenvalue weighted by Gasteiger charge is 2.32. The summed E-state index contributed by atoms with van der Waals surface area (Å²) in [5, 5.41) is 6.41. The third kappa shape index (κ3) is 5.33. The van der Waals surface area contributed by atoms with Gasteiger partial charge in [-0.1, -0.05) is 0 Å². The maximum absolute atomic E-state index is 11.7. The Kier molecular flexibility index (Phi) is 6.60. The molecule has 0 saturated carbocycles. The lowest BCUT2D eigenvalue weighted by Gasteiger charge is -2.37. The molecule has 0 atom stereocenters. The number of hydrogen-bond donors (Lipinski definition) is 2. The van der Waals surface area contributed by atoms with E-state index in [2.05, 4.69) is 10.6 Å². The van der Waals surface area contributed by atoms with Gasteiger partial charge in [0.25, 0.3) is 0 Å². The molecule has 0 radical (unpaired) electrons. The normalized spacial score (nSPS) is 18.9. The molecule has 1 heterocycles. The third-order valence-corrected chi connectivity index (χ3v) is 3.56. The number of amides is 1.